The van der Waals surface area contributed by atoms with Crippen LogP contribution >= 0.6 is 0 Å². The molecule has 0 aromatic heterocycles. The zero-order valence-electron chi connectivity index (χ0n) is 8.14. The van der Waals surface area contributed by atoms with E-state index in [9.17, 15) is 5.11 Å². The summed E-state index contributed by atoms with van der Waals surface area (Å²) < 4.78 is 0. The summed E-state index contributed by atoms with van der Waals surface area (Å²) in [6, 6.07) is 0. The third-order valence-corrected chi connectivity index (χ3v) is 4.10. The van der Waals surface area contributed by atoms with E-state index in [0.717, 1.165) is 13.0 Å². The lowest BCUT2D eigenvalue weighted by Gasteiger charge is -2.46. The van der Waals surface area contributed by atoms with Gasteiger partial charge in [0.25, 0.3) is 0 Å². The first-order chi connectivity index (χ1) is 5.58. The molecular formula is C10H19NO. The van der Waals surface area contributed by atoms with Crippen LogP contribution in [0.15, 0.2) is 0 Å². The van der Waals surface area contributed by atoms with Gasteiger partial charge in [-0.05, 0) is 32.7 Å². The highest BCUT2D eigenvalue weighted by molar-refractivity contribution is 5.02. The number of rotatable bonds is 0. The van der Waals surface area contributed by atoms with Crippen LogP contribution in [0.25, 0.3) is 0 Å². The summed E-state index contributed by atoms with van der Waals surface area (Å²) >= 11 is 0. The molecule has 70 valence electrons. The van der Waals surface area contributed by atoms with Crippen LogP contribution in [-0.2, 0) is 0 Å². The Kier molecular flexibility index (Phi) is 1.74. The van der Waals surface area contributed by atoms with Gasteiger partial charge in [0.2, 0.25) is 0 Å². The molecule has 12 heavy (non-hydrogen) atoms. The fraction of sp³-hybridized carbons (Fsp3) is 1.00. The molecule has 0 aromatic rings. The molecule has 0 amide bonds. The maximum atomic E-state index is 10.5. The molecule has 0 aromatic carbocycles. The Labute approximate surface area is 74.6 Å². The molecule has 0 bridgehead atoms. The number of hydrogen-bond acceptors (Lipinski definition) is 2. The molecule has 2 atom stereocenters. The van der Waals surface area contributed by atoms with E-state index in [-0.39, 0.29) is 5.41 Å². The third kappa shape index (κ3) is 0.882. The van der Waals surface area contributed by atoms with E-state index in [1.165, 1.54) is 25.7 Å². The topological polar surface area (TPSA) is 23.5 Å². The molecule has 1 aliphatic heterocycles. The monoisotopic (exact) mass is 169 g/mol. The molecule has 2 aliphatic rings. The van der Waals surface area contributed by atoms with Gasteiger partial charge in [0.05, 0.1) is 0 Å². The fourth-order valence-electron chi connectivity index (χ4n) is 2.96. The van der Waals surface area contributed by atoms with Crippen LogP contribution in [0.3, 0.4) is 0 Å². The van der Waals surface area contributed by atoms with Gasteiger partial charge in [0.1, 0.15) is 5.72 Å². The summed E-state index contributed by atoms with van der Waals surface area (Å²) in [5.41, 5.74) is -0.300. The first kappa shape index (κ1) is 8.52. The van der Waals surface area contributed by atoms with Crippen molar-refractivity contribution in [2.24, 2.45) is 5.41 Å². The van der Waals surface area contributed by atoms with Gasteiger partial charge in [0, 0.05) is 12.0 Å². The van der Waals surface area contributed by atoms with Gasteiger partial charge in [-0.1, -0.05) is 13.3 Å². The molecule has 2 heteroatoms. The fourth-order valence-corrected chi connectivity index (χ4v) is 2.96. The van der Waals surface area contributed by atoms with Gasteiger partial charge in [0.15, 0.2) is 0 Å². The predicted molar refractivity (Wildman–Crippen MR) is 48.8 cm³/mol. The van der Waals surface area contributed by atoms with Crippen molar-refractivity contribution in [1.82, 2.24) is 4.90 Å². The van der Waals surface area contributed by atoms with Gasteiger partial charge < -0.3 is 5.11 Å². The normalized spacial score (nSPS) is 49.2. The van der Waals surface area contributed by atoms with E-state index < -0.39 is 5.72 Å². The molecule has 0 radical (unpaired) electrons. The average Bonchev–Trinajstić information content (AvgIpc) is 2.28. The van der Waals surface area contributed by atoms with Crippen molar-refractivity contribution in [3.8, 4) is 0 Å². The largest absolute Gasteiger partial charge is 0.375 e. The molecule has 0 spiro atoms. The molecule has 1 N–H and O–H groups in total. The highest BCUT2D eigenvalue weighted by Crippen LogP contribution is 2.51. The van der Waals surface area contributed by atoms with Crippen LogP contribution in [0.4, 0.5) is 0 Å². The Hall–Kier alpha value is -0.0800. The molecule has 1 saturated carbocycles. The van der Waals surface area contributed by atoms with Crippen LogP contribution < -0.4 is 0 Å². The average molecular weight is 169 g/mol. The minimum Gasteiger partial charge on any atom is -0.375 e. The number of likely N-dealkylation sites (tertiary alicyclic amines) is 1. The second kappa shape index (κ2) is 2.46. The zero-order valence-corrected chi connectivity index (χ0v) is 8.14. The number of nitrogens with zero attached hydrogens (tertiary/aromatic N) is 1. The van der Waals surface area contributed by atoms with Crippen LogP contribution in [0.1, 0.15) is 39.0 Å². The second-order valence-electron chi connectivity index (χ2n) is 4.76. The van der Waals surface area contributed by atoms with E-state index in [0.29, 0.717) is 0 Å². The Morgan fingerprint density at radius 3 is 2.50 bits per heavy atom. The van der Waals surface area contributed by atoms with E-state index >= 15 is 0 Å². The summed E-state index contributed by atoms with van der Waals surface area (Å²) in [5, 5.41) is 10.5. The van der Waals surface area contributed by atoms with Gasteiger partial charge in [-0.3, -0.25) is 4.90 Å². The second-order valence-corrected chi connectivity index (χ2v) is 4.76. The van der Waals surface area contributed by atoms with Gasteiger partial charge >= 0.3 is 0 Å². The summed E-state index contributed by atoms with van der Waals surface area (Å²) in [5.74, 6) is 0. The number of aliphatic hydroxyl groups is 1. The summed E-state index contributed by atoms with van der Waals surface area (Å²) in [6.07, 6.45) is 5.83. The standard InChI is InChI=1S/C10H19NO/c1-9-5-3-4-6-10(9,12)11(2)8-7-9/h12H,3-8H2,1-2H3/t9-,10+/m0/s1. The van der Waals surface area contributed by atoms with Crippen LogP contribution in [0, 0.1) is 5.41 Å². The SMILES string of the molecule is CN1CC[C@]2(C)CCCC[C@]12O. The molecule has 1 heterocycles. The zero-order chi connectivity index (χ0) is 8.82. The minimum absolute atomic E-state index is 0.181. The lowest BCUT2D eigenvalue weighted by molar-refractivity contribution is -0.161. The maximum Gasteiger partial charge on any atom is 0.123 e. The van der Waals surface area contributed by atoms with Crippen molar-refractivity contribution in [3.05, 3.63) is 0 Å². The van der Waals surface area contributed by atoms with Crippen molar-refractivity contribution in [2.45, 2.75) is 44.8 Å². The first-order valence-corrected chi connectivity index (χ1v) is 5.02. The molecule has 2 fully saturated rings. The van der Waals surface area contributed by atoms with Gasteiger partial charge in [-0.25, -0.2) is 0 Å². The van der Waals surface area contributed by atoms with Crippen LogP contribution in [-0.4, -0.2) is 29.3 Å². The van der Waals surface area contributed by atoms with Crippen molar-refractivity contribution in [2.75, 3.05) is 13.6 Å². The van der Waals surface area contributed by atoms with E-state index in [1.54, 1.807) is 0 Å². The van der Waals surface area contributed by atoms with Crippen molar-refractivity contribution < 1.29 is 5.11 Å². The molecule has 1 aliphatic carbocycles. The molecule has 2 rings (SSSR count). The van der Waals surface area contributed by atoms with E-state index in [1.807, 2.05) is 0 Å². The quantitative estimate of drug-likeness (QED) is 0.595. The van der Waals surface area contributed by atoms with Crippen molar-refractivity contribution in [1.29, 1.82) is 0 Å². The first-order valence-electron chi connectivity index (χ1n) is 5.02. The molecule has 0 unspecified atom stereocenters. The lowest BCUT2D eigenvalue weighted by Crippen LogP contribution is -2.52. The maximum absolute atomic E-state index is 10.5. The molecular weight excluding hydrogens is 150 g/mol. The smallest absolute Gasteiger partial charge is 0.123 e. The Bertz CT molecular complexity index is 190. The Morgan fingerprint density at radius 1 is 1.17 bits per heavy atom. The highest BCUT2D eigenvalue weighted by atomic mass is 16.3. The summed E-state index contributed by atoms with van der Waals surface area (Å²) in [7, 11) is 2.05. The van der Waals surface area contributed by atoms with Crippen molar-refractivity contribution >= 4 is 0 Å². The van der Waals surface area contributed by atoms with Gasteiger partial charge in [-0.2, -0.15) is 0 Å². The minimum atomic E-state index is -0.481. The summed E-state index contributed by atoms with van der Waals surface area (Å²) in [6.45, 7) is 3.31. The van der Waals surface area contributed by atoms with Gasteiger partial charge in [-0.15, -0.1) is 0 Å². The highest BCUT2D eigenvalue weighted by Gasteiger charge is 2.54. The van der Waals surface area contributed by atoms with E-state index in [2.05, 4.69) is 18.9 Å². The Balaban J connectivity index is 2.29. The number of hydrogen-bond donors (Lipinski definition) is 1. The molecule has 2 nitrogen and oxygen atoms in total. The third-order valence-electron chi connectivity index (χ3n) is 4.10. The number of fused-ring (bicyclic) bond motifs is 1. The summed E-state index contributed by atoms with van der Waals surface area (Å²) in [4.78, 5) is 2.14. The lowest BCUT2D eigenvalue weighted by atomic mass is 9.69. The van der Waals surface area contributed by atoms with Crippen LogP contribution in [0.2, 0.25) is 0 Å². The van der Waals surface area contributed by atoms with Crippen LogP contribution in [0.5, 0.6) is 0 Å². The Morgan fingerprint density at radius 2 is 1.83 bits per heavy atom. The molecule has 1 saturated heterocycles. The predicted octanol–water partition coefficient (Wildman–Crippen LogP) is 1.59. The van der Waals surface area contributed by atoms with Crippen molar-refractivity contribution in [3.63, 3.8) is 0 Å². The van der Waals surface area contributed by atoms with E-state index in [4.69, 9.17) is 0 Å².